The predicted octanol–water partition coefficient (Wildman–Crippen LogP) is 4.48. The molecule has 2 heterocycles. The topological polar surface area (TPSA) is 62.3 Å². The van der Waals surface area contributed by atoms with Gasteiger partial charge in [0.1, 0.15) is 5.69 Å². The van der Waals surface area contributed by atoms with Gasteiger partial charge in [-0.25, -0.2) is 0 Å². The van der Waals surface area contributed by atoms with E-state index < -0.39 is 0 Å². The van der Waals surface area contributed by atoms with Crippen LogP contribution < -0.4 is 5.32 Å². The van der Waals surface area contributed by atoms with Crippen molar-refractivity contribution in [2.45, 2.75) is 33.6 Å². The van der Waals surface area contributed by atoms with E-state index in [1.807, 2.05) is 30.9 Å². The molecule has 142 valence electrons. The van der Waals surface area contributed by atoms with Gasteiger partial charge in [-0.05, 0) is 61.9 Å². The molecule has 1 unspecified atom stereocenters. The summed E-state index contributed by atoms with van der Waals surface area (Å²) in [5, 5.41) is 3.35. The van der Waals surface area contributed by atoms with E-state index in [-0.39, 0.29) is 11.8 Å². The zero-order valence-corrected chi connectivity index (χ0v) is 16.6. The van der Waals surface area contributed by atoms with E-state index in [1.54, 1.807) is 12.1 Å². The van der Waals surface area contributed by atoms with Crippen molar-refractivity contribution in [2.24, 2.45) is 5.92 Å². The number of aromatic nitrogens is 1. The molecule has 1 aliphatic heterocycles. The van der Waals surface area contributed by atoms with Crippen LogP contribution in [-0.2, 0) is 0 Å². The maximum atomic E-state index is 12.7. The highest BCUT2D eigenvalue weighted by atomic mass is 35.5. The number of likely N-dealkylation sites (tertiary alicyclic amines) is 1. The minimum Gasteiger partial charge on any atom is -0.337 e. The Morgan fingerprint density at radius 2 is 2.04 bits per heavy atom. The van der Waals surface area contributed by atoms with Crippen LogP contribution in [0.3, 0.4) is 0 Å². The van der Waals surface area contributed by atoms with Gasteiger partial charge < -0.3 is 10.2 Å². The number of halogens is 1. The molecule has 2 amide bonds. The van der Waals surface area contributed by atoms with E-state index in [4.69, 9.17) is 11.6 Å². The predicted molar refractivity (Wildman–Crippen MR) is 107 cm³/mol. The normalized spacial score (nSPS) is 16.9. The second kappa shape index (κ2) is 8.09. The fourth-order valence-corrected chi connectivity index (χ4v) is 3.85. The molecule has 0 saturated carbocycles. The molecule has 0 aliphatic carbocycles. The van der Waals surface area contributed by atoms with Gasteiger partial charge in [0.05, 0.1) is 10.7 Å². The number of anilines is 1. The Morgan fingerprint density at radius 1 is 1.26 bits per heavy atom. The Kier molecular flexibility index (Phi) is 5.80. The lowest BCUT2D eigenvalue weighted by molar-refractivity contribution is 0.0677. The summed E-state index contributed by atoms with van der Waals surface area (Å²) in [6, 6.07) is 6.92. The highest BCUT2D eigenvalue weighted by Crippen LogP contribution is 2.28. The molecular formula is C21H24ClN3O2. The molecule has 1 fully saturated rings. The Balaban J connectivity index is 1.79. The van der Waals surface area contributed by atoms with Crippen LogP contribution in [0.1, 0.15) is 51.7 Å². The Hall–Kier alpha value is -2.40. The standard InChI is InChI=1S/C21H24ClN3O2/c1-13-5-4-8-25(12-13)21(27)18-11-16(6-7-23-18)20(26)24-19-15(3)9-14(2)10-17(19)22/h6-7,9-11,13H,4-5,8,12H2,1-3H3,(H,24,26). The van der Waals surface area contributed by atoms with E-state index in [0.717, 1.165) is 37.1 Å². The number of aryl methyl sites for hydroxylation is 2. The number of carbonyl (C=O) groups excluding carboxylic acids is 2. The summed E-state index contributed by atoms with van der Waals surface area (Å²) in [5.41, 5.74) is 3.18. The molecule has 1 aliphatic rings. The summed E-state index contributed by atoms with van der Waals surface area (Å²) in [6.45, 7) is 7.46. The minimum atomic E-state index is -0.313. The molecule has 3 rings (SSSR count). The van der Waals surface area contributed by atoms with Gasteiger partial charge in [-0.15, -0.1) is 0 Å². The van der Waals surface area contributed by atoms with Crippen LogP contribution in [0.15, 0.2) is 30.5 Å². The average Bonchev–Trinajstić information content (AvgIpc) is 2.64. The first-order chi connectivity index (χ1) is 12.8. The van der Waals surface area contributed by atoms with Crippen LogP contribution in [0.5, 0.6) is 0 Å². The largest absolute Gasteiger partial charge is 0.337 e. The molecule has 2 aromatic rings. The molecule has 0 radical (unpaired) electrons. The van der Waals surface area contributed by atoms with Gasteiger partial charge in [0.15, 0.2) is 0 Å². The van der Waals surface area contributed by atoms with Crippen molar-refractivity contribution in [1.29, 1.82) is 0 Å². The number of rotatable bonds is 3. The third kappa shape index (κ3) is 4.48. The summed E-state index contributed by atoms with van der Waals surface area (Å²) in [6.07, 6.45) is 3.63. The van der Waals surface area contributed by atoms with Gasteiger partial charge in [0, 0.05) is 24.8 Å². The fraction of sp³-hybridized carbons (Fsp3) is 0.381. The third-order valence-electron chi connectivity index (χ3n) is 4.86. The van der Waals surface area contributed by atoms with Gasteiger partial charge in [-0.1, -0.05) is 24.6 Å². The van der Waals surface area contributed by atoms with E-state index in [2.05, 4.69) is 17.2 Å². The lowest BCUT2D eigenvalue weighted by Gasteiger charge is -2.30. The van der Waals surface area contributed by atoms with Gasteiger partial charge in [0.2, 0.25) is 0 Å². The zero-order valence-electron chi connectivity index (χ0n) is 15.9. The number of piperidine rings is 1. The van der Waals surface area contributed by atoms with Crippen molar-refractivity contribution in [3.63, 3.8) is 0 Å². The number of nitrogens with one attached hydrogen (secondary N) is 1. The van der Waals surface area contributed by atoms with Gasteiger partial charge >= 0.3 is 0 Å². The number of nitrogens with zero attached hydrogens (tertiary/aromatic N) is 2. The van der Waals surface area contributed by atoms with E-state index in [9.17, 15) is 9.59 Å². The molecule has 0 spiro atoms. The molecule has 6 heteroatoms. The summed E-state index contributed by atoms with van der Waals surface area (Å²) < 4.78 is 0. The van der Waals surface area contributed by atoms with Gasteiger partial charge in [-0.2, -0.15) is 0 Å². The molecule has 1 saturated heterocycles. The van der Waals surface area contributed by atoms with Crippen LogP contribution in [0.25, 0.3) is 0 Å². The maximum Gasteiger partial charge on any atom is 0.272 e. The van der Waals surface area contributed by atoms with Crippen molar-refractivity contribution in [2.75, 3.05) is 18.4 Å². The second-order valence-corrected chi connectivity index (χ2v) is 7.73. The van der Waals surface area contributed by atoms with Crippen LogP contribution in [0.4, 0.5) is 5.69 Å². The SMILES string of the molecule is Cc1cc(C)c(NC(=O)c2ccnc(C(=O)N3CCCC(C)C3)c2)c(Cl)c1. The lowest BCUT2D eigenvalue weighted by Crippen LogP contribution is -2.39. The smallest absolute Gasteiger partial charge is 0.272 e. The highest BCUT2D eigenvalue weighted by molar-refractivity contribution is 6.34. The van der Waals surface area contributed by atoms with Crippen LogP contribution in [0, 0.1) is 19.8 Å². The maximum absolute atomic E-state index is 12.7. The Morgan fingerprint density at radius 3 is 2.74 bits per heavy atom. The van der Waals surface area contributed by atoms with Crippen LogP contribution >= 0.6 is 11.6 Å². The molecule has 1 aromatic carbocycles. The first-order valence-electron chi connectivity index (χ1n) is 9.18. The molecule has 5 nitrogen and oxygen atoms in total. The first-order valence-corrected chi connectivity index (χ1v) is 9.56. The van der Waals surface area contributed by atoms with Crippen molar-refractivity contribution >= 4 is 29.1 Å². The van der Waals surface area contributed by atoms with Crippen LogP contribution in [-0.4, -0.2) is 34.8 Å². The Bertz CT molecular complexity index is 858. The molecule has 0 bridgehead atoms. The lowest BCUT2D eigenvalue weighted by atomic mass is 10.00. The van der Waals surface area contributed by atoms with Crippen molar-refractivity contribution in [3.05, 3.63) is 57.9 Å². The number of hydrogen-bond donors (Lipinski definition) is 1. The number of hydrogen-bond acceptors (Lipinski definition) is 3. The van der Waals surface area contributed by atoms with Crippen molar-refractivity contribution in [3.8, 4) is 0 Å². The molecular weight excluding hydrogens is 362 g/mol. The summed E-state index contributed by atoms with van der Waals surface area (Å²) in [4.78, 5) is 31.4. The summed E-state index contributed by atoms with van der Waals surface area (Å²) in [5.74, 6) is 0.0499. The van der Waals surface area contributed by atoms with Gasteiger partial charge in [0.25, 0.3) is 11.8 Å². The quantitative estimate of drug-likeness (QED) is 0.847. The molecule has 1 aromatic heterocycles. The number of carbonyl (C=O) groups is 2. The molecule has 27 heavy (non-hydrogen) atoms. The highest BCUT2D eigenvalue weighted by Gasteiger charge is 2.23. The third-order valence-corrected chi connectivity index (χ3v) is 5.15. The zero-order chi connectivity index (χ0) is 19.6. The van der Waals surface area contributed by atoms with Gasteiger partial charge in [-0.3, -0.25) is 14.6 Å². The molecule has 1 N–H and O–H groups in total. The first kappa shape index (κ1) is 19.4. The number of benzene rings is 1. The van der Waals surface area contributed by atoms with E-state index in [0.29, 0.717) is 27.9 Å². The van der Waals surface area contributed by atoms with E-state index in [1.165, 1.54) is 6.20 Å². The summed E-state index contributed by atoms with van der Waals surface area (Å²) >= 11 is 6.28. The summed E-state index contributed by atoms with van der Waals surface area (Å²) in [7, 11) is 0. The molecule has 1 atom stereocenters. The van der Waals surface area contributed by atoms with Crippen LogP contribution in [0.2, 0.25) is 5.02 Å². The Labute approximate surface area is 164 Å². The number of amides is 2. The van der Waals surface area contributed by atoms with Crippen molar-refractivity contribution < 1.29 is 9.59 Å². The average molecular weight is 386 g/mol. The minimum absolute atomic E-state index is 0.124. The second-order valence-electron chi connectivity index (χ2n) is 7.32. The fourth-order valence-electron chi connectivity index (χ4n) is 3.48. The monoisotopic (exact) mass is 385 g/mol. The number of pyridine rings is 1. The van der Waals surface area contributed by atoms with Crippen molar-refractivity contribution in [1.82, 2.24) is 9.88 Å². The van der Waals surface area contributed by atoms with E-state index >= 15 is 0 Å².